The number of ether oxygens (including phenoxy) is 1. The quantitative estimate of drug-likeness (QED) is 0.828. The van der Waals surface area contributed by atoms with Gasteiger partial charge in [-0.15, -0.1) is 11.3 Å². The molecular formula is C14H17N3O2S. The van der Waals surface area contributed by atoms with Crippen molar-refractivity contribution < 1.29 is 9.53 Å². The summed E-state index contributed by atoms with van der Waals surface area (Å²) in [7, 11) is 1.50. The van der Waals surface area contributed by atoms with Crippen LogP contribution in [-0.4, -0.2) is 24.5 Å². The molecule has 3 N–H and O–H groups in total. The summed E-state index contributed by atoms with van der Waals surface area (Å²) in [6.07, 6.45) is 1.76. The van der Waals surface area contributed by atoms with E-state index in [9.17, 15) is 4.79 Å². The molecule has 0 fully saturated rings. The second-order valence-electron chi connectivity index (χ2n) is 4.41. The Morgan fingerprint density at radius 2 is 2.35 bits per heavy atom. The maximum Gasteiger partial charge on any atom is 0.255 e. The van der Waals surface area contributed by atoms with Crippen molar-refractivity contribution >= 4 is 22.9 Å². The number of carbonyl (C=O) groups is 1. The van der Waals surface area contributed by atoms with E-state index in [0.29, 0.717) is 23.5 Å². The number of anilines is 1. The van der Waals surface area contributed by atoms with Crippen molar-refractivity contribution in [2.75, 3.05) is 19.4 Å². The van der Waals surface area contributed by atoms with E-state index in [1.807, 2.05) is 12.3 Å². The maximum absolute atomic E-state index is 12.2. The van der Waals surface area contributed by atoms with E-state index in [2.05, 4.69) is 10.3 Å². The van der Waals surface area contributed by atoms with Crippen molar-refractivity contribution in [3.8, 4) is 5.75 Å². The van der Waals surface area contributed by atoms with Gasteiger partial charge in [-0.05, 0) is 12.1 Å². The molecule has 0 saturated heterocycles. The fourth-order valence-electron chi connectivity index (χ4n) is 1.87. The Hall–Kier alpha value is -2.08. The van der Waals surface area contributed by atoms with Crippen LogP contribution in [0, 0.1) is 0 Å². The molecule has 0 aliphatic heterocycles. The van der Waals surface area contributed by atoms with Crippen LogP contribution in [-0.2, 0) is 0 Å². The number of carbonyl (C=O) groups excluding carboxylic acids is 1. The van der Waals surface area contributed by atoms with E-state index in [1.165, 1.54) is 7.11 Å². The third-order valence-corrected chi connectivity index (χ3v) is 3.94. The molecule has 1 aromatic heterocycles. The Morgan fingerprint density at radius 3 is 3.00 bits per heavy atom. The molecule has 0 aliphatic carbocycles. The topological polar surface area (TPSA) is 77.2 Å². The molecule has 1 amide bonds. The molecule has 6 heteroatoms. The van der Waals surface area contributed by atoms with Gasteiger partial charge in [0.15, 0.2) is 5.75 Å². The number of hydrogen-bond donors (Lipinski definition) is 2. The number of aromatic nitrogens is 1. The summed E-state index contributed by atoms with van der Waals surface area (Å²) < 4.78 is 5.18. The van der Waals surface area contributed by atoms with E-state index in [-0.39, 0.29) is 11.8 Å². The number of para-hydroxylation sites is 1. The molecule has 20 heavy (non-hydrogen) atoms. The number of amides is 1. The number of nitrogens with one attached hydrogen (secondary N) is 1. The van der Waals surface area contributed by atoms with Crippen LogP contribution in [0.1, 0.15) is 28.2 Å². The van der Waals surface area contributed by atoms with Gasteiger partial charge in [0.2, 0.25) is 0 Å². The number of hydrogen-bond acceptors (Lipinski definition) is 5. The van der Waals surface area contributed by atoms with Gasteiger partial charge in [0.05, 0.1) is 23.4 Å². The summed E-state index contributed by atoms with van der Waals surface area (Å²) in [5, 5.41) is 5.81. The minimum Gasteiger partial charge on any atom is -0.494 e. The molecule has 0 spiro atoms. The summed E-state index contributed by atoms with van der Waals surface area (Å²) >= 11 is 1.58. The summed E-state index contributed by atoms with van der Waals surface area (Å²) in [4.78, 5) is 16.4. The van der Waals surface area contributed by atoms with Crippen molar-refractivity contribution in [3.05, 3.63) is 40.3 Å². The van der Waals surface area contributed by atoms with Crippen LogP contribution in [0.3, 0.4) is 0 Å². The Morgan fingerprint density at radius 1 is 1.55 bits per heavy atom. The average Bonchev–Trinajstić information content (AvgIpc) is 2.98. The molecule has 1 atom stereocenters. The molecule has 0 aliphatic rings. The van der Waals surface area contributed by atoms with Crippen LogP contribution in [0.4, 0.5) is 5.69 Å². The molecule has 1 unspecified atom stereocenters. The average molecular weight is 291 g/mol. The Balaban J connectivity index is 2.04. The van der Waals surface area contributed by atoms with Crippen molar-refractivity contribution in [3.63, 3.8) is 0 Å². The van der Waals surface area contributed by atoms with Gasteiger partial charge >= 0.3 is 0 Å². The molecule has 0 bridgehead atoms. The molecule has 0 saturated carbocycles. The first-order chi connectivity index (χ1) is 9.63. The smallest absolute Gasteiger partial charge is 0.255 e. The number of methoxy groups -OCH3 is 1. The summed E-state index contributed by atoms with van der Waals surface area (Å²) in [6.45, 7) is 2.54. The van der Waals surface area contributed by atoms with Gasteiger partial charge in [0, 0.05) is 24.0 Å². The standard InChI is InChI=1S/C14H17N3O2S/c1-9(14-16-6-7-20-14)8-17-13(18)10-4-3-5-11(15)12(10)19-2/h3-7,9H,8,15H2,1-2H3,(H,17,18). The largest absolute Gasteiger partial charge is 0.494 e. The lowest BCUT2D eigenvalue weighted by Crippen LogP contribution is -2.28. The third kappa shape index (κ3) is 3.08. The Kier molecular flexibility index (Phi) is 4.57. The molecule has 2 rings (SSSR count). The highest BCUT2D eigenvalue weighted by molar-refractivity contribution is 7.09. The fourth-order valence-corrected chi connectivity index (χ4v) is 2.57. The normalized spacial score (nSPS) is 11.9. The van der Waals surface area contributed by atoms with Gasteiger partial charge < -0.3 is 15.8 Å². The molecule has 0 radical (unpaired) electrons. The van der Waals surface area contributed by atoms with E-state index >= 15 is 0 Å². The van der Waals surface area contributed by atoms with E-state index in [4.69, 9.17) is 10.5 Å². The van der Waals surface area contributed by atoms with Crippen molar-refractivity contribution in [2.45, 2.75) is 12.8 Å². The summed E-state index contributed by atoms with van der Waals surface area (Å²) in [5.41, 5.74) is 6.68. The van der Waals surface area contributed by atoms with E-state index < -0.39 is 0 Å². The Labute approximate surface area is 121 Å². The predicted octanol–water partition coefficient (Wildman–Crippen LogP) is 2.27. The van der Waals surface area contributed by atoms with Gasteiger partial charge in [-0.25, -0.2) is 4.98 Å². The van der Waals surface area contributed by atoms with Crippen LogP contribution in [0.15, 0.2) is 29.8 Å². The van der Waals surface area contributed by atoms with Gasteiger partial charge in [0.25, 0.3) is 5.91 Å². The number of thiazole rings is 1. The van der Waals surface area contributed by atoms with Gasteiger partial charge in [-0.1, -0.05) is 13.0 Å². The Bertz CT molecular complexity index is 584. The minimum absolute atomic E-state index is 0.172. The SMILES string of the molecule is COc1c(N)cccc1C(=O)NCC(C)c1nccs1. The zero-order valence-corrected chi connectivity index (χ0v) is 12.2. The highest BCUT2D eigenvalue weighted by Crippen LogP contribution is 2.26. The first kappa shape index (κ1) is 14.3. The number of rotatable bonds is 5. The summed E-state index contributed by atoms with van der Waals surface area (Å²) in [5.74, 6) is 0.385. The number of nitrogens with zero attached hydrogens (tertiary/aromatic N) is 1. The van der Waals surface area contributed by atoms with Crippen molar-refractivity contribution in [1.29, 1.82) is 0 Å². The van der Waals surface area contributed by atoms with Crippen LogP contribution < -0.4 is 15.8 Å². The van der Waals surface area contributed by atoms with Crippen LogP contribution >= 0.6 is 11.3 Å². The van der Waals surface area contributed by atoms with Crippen molar-refractivity contribution in [2.24, 2.45) is 0 Å². The molecule has 5 nitrogen and oxygen atoms in total. The van der Waals surface area contributed by atoms with E-state index in [0.717, 1.165) is 5.01 Å². The number of nitrogens with two attached hydrogens (primary N) is 1. The number of nitrogen functional groups attached to an aromatic ring is 1. The van der Waals surface area contributed by atoms with Crippen molar-refractivity contribution in [1.82, 2.24) is 10.3 Å². The first-order valence-corrected chi connectivity index (χ1v) is 7.11. The lowest BCUT2D eigenvalue weighted by atomic mass is 10.1. The zero-order valence-electron chi connectivity index (χ0n) is 11.4. The van der Waals surface area contributed by atoms with Gasteiger partial charge in [0.1, 0.15) is 0 Å². The van der Waals surface area contributed by atoms with Crippen LogP contribution in [0.25, 0.3) is 0 Å². The number of benzene rings is 1. The van der Waals surface area contributed by atoms with Gasteiger partial charge in [-0.3, -0.25) is 4.79 Å². The maximum atomic E-state index is 12.2. The first-order valence-electron chi connectivity index (χ1n) is 6.23. The lowest BCUT2D eigenvalue weighted by Gasteiger charge is -2.13. The molecule has 1 heterocycles. The highest BCUT2D eigenvalue weighted by atomic mass is 32.1. The summed E-state index contributed by atoms with van der Waals surface area (Å²) in [6, 6.07) is 5.13. The highest BCUT2D eigenvalue weighted by Gasteiger charge is 2.16. The second kappa shape index (κ2) is 6.38. The second-order valence-corrected chi connectivity index (χ2v) is 5.34. The molecule has 106 valence electrons. The third-order valence-electron chi connectivity index (χ3n) is 2.94. The monoisotopic (exact) mass is 291 g/mol. The molecule has 1 aromatic carbocycles. The lowest BCUT2D eigenvalue weighted by molar-refractivity contribution is 0.0948. The minimum atomic E-state index is -0.197. The fraction of sp³-hybridized carbons (Fsp3) is 0.286. The van der Waals surface area contributed by atoms with Crippen LogP contribution in [0.2, 0.25) is 0 Å². The molecule has 2 aromatic rings. The van der Waals surface area contributed by atoms with Gasteiger partial charge in [-0.2, -0.15) is 0 Å². The van der Waals surface area contributed by atoms with Crippen LogP contribution in [0.5, 0.6) is 5.75 Å². The molecular weight excluding hydrogens is 274 g/mol. The zero-order chi connectivity index (χ0) is 14.5. The predicted molar refractivity (Wildman–Crippen MR) is 80.3 cm³/mol. The van der Waals surface area contributed by atoms with E-state index in [1.54, 1.807) is 35.7 Å².